The molecule has 1 N–H and O–H groups in total. The van der Waals surface area contributed by atoms with Gasteiger partial charge in [0.25, 0.3) is 0 Å². The summed E-state index contributed by atoms with van der Waals surface area (Å²) in [7, 11) is 0. The molecule has 1 saturated heterocycles. The van der Waals surface area contributed by atoms with Crippen molar-refractivity contribution in [3.05, 3.63) is 35.9 Å². The molecule has 94 valence electrons. The van der Waals surface area contributed by atoms with Gasteiger partial charge in [-0.2, -0.15) is 0 Å². The average Bonchev–Trinajstić information content (AvgIpc) is 2.82. The maximum absolute atomic E-state index is 10.7. The van der Waals surface area contributed by atoms with Crippen molar-refractivity contribution in [2.45, 2.75) is 19.3 Å². The number of imidazole rings is 1. The minimum absolute atomic E-state index is 0.676. The Hall–Kier alpha value is -1.68. The molecule has 1 aliphatic heterocycles. The summed E-state index contributed by atoms with van der Waals surface area (Å²) in [5.41, 5.74) is 1.70. The molecule has 2 aromatic heterocycles. The van der Waals surface area contributed by atoms with Crippen molar-refractivity contribution < 1.29 is 4.79 Å². The fourth-order valence-electron chi connectivity index (χ4n) is 2.65. The number of pyridine rings is 1. The van der Waals surface area contributed by atoms with Gasteiger partial charge in [0, 0.05) is 18.2 Å². The van der Waals surface area contributed by atoms with E-state index in [-0.39, 0.29) is 0 Å². The summed E-state index contributed by atoms with van der Waals surface area (Å²) in [6.07, 6.45) is 8.19. The molecule has 2 aromatic rings. The van der Waals surface area contributed by atoms with Crippen molar-refractivity contribution in [1.82, 2.24) is 14.7 Å². The molecular formula is C14H17N3O. The second-order valence-corrected chi connectivity index (χ2v) is 4.96. The molecule has 0 bridgehead atoms. The Labute approximate surface area is 106 Å². The van der Waals surface area contributed by atoms with Crippen LogP contribution in [-0.2, 0) is 6.42 Å². The van der Waals surface area contributed by atoms with E-state index in [0.717, 1.165) is 37.1 Å². The zero-order valence-corrected chi connectivity index (χ0v) is 10.3. The van der Waals surface area contributed by atoms with Crippen molar-refractivity contribution >= 4 is 11.8 Å². The highest BCUT2D eigenvalue weighted by molar-refractivity contribution is 5.77. The molecular weight excluding hydrogens is 226 g/mol. The van der Waals surface area contributed by atoms with E-state index in [0.29, 0.717) is 11.5 Å². The van der Waals surface area contributed by atoms with E-state index in [4.69, 9.17) is 0 Å². The number of nitrogens with zero attached hydrogens (tertiary/aromatic N) is 2. The highest BCUT2D eigenvalue weighted by Gasteiger charge is 2.16. The lowest BCUT2D eigenvalue weighted by Crippen LogP contribution is -2.31. The third-order valence-electron chi connectivity index (χ3n) is 3.64. The Bertz CT molecular complexity index is 555. The molecule has 1 atom stereocenters. The molecule has 4 heteroatoms. The summed E-state index contributed by atoms with van der Waals surface area (Å²) in [5, 5.41) is 3.43. The maximum atomic E-state index is 10.7. The first-order chi connectivity index (χ1) is 8.86. The van der Waals surface area contributed by atoms with Crippen LogP contribution in [-0.4, -0.2) is 28.8 Å². The average molecular weight is 243 g/mol. The molecule has 0 aliphatic carbocycles. The second kappa shape index (κ2) is 4.90. The Morgan fingerprint density at radius 1 is 1.56 bits per heavy atom. The predicted octanol–water partition coefficient (Wildman–Crippen LogP) is 1.69. The van der Waals surface area contributed by atoms with Crippen LogP contribution in [0.2, 0.25) is 0 Å². The van der Waals surface area contributed by atoms with Crippen molar-refractivity contribution in [3.8, 4) is 0 Å². The van der Waals surface area contributed by atoms with E-state index in [1.807, 2.05) is 24.5 Å². The molecule has 1 aliphatic rings. The highest BCUT2D eigenvalue weighted by Crippen LogP contribution is 2.17. The van der Waals surface area contributed by atoms with Gasteiger partial charge in [-0.05, 0) is 44.0 Å². The lowest BCUT2D eigenvalue weighted by Gasteiger charge is -2.22. The third kappa shape index (κ3) is 2.16. The van der Waals surface area contributed by atoms with Crippen LogP contribution >= 0.6 is 0 Å². The summed E-state index contributed by atoms with van der Waals surface area (Å²) in [5.74, 6) is 1.77. The highest BCUT2D eigenvalue weighted by atomic mass is 16.1. The van der Waals surface area contributed by atoms with Crippen LogP contribution in [0.4, 0.5) is 0 Å². The van der Waals surface area contributed by atoms with Gasteiger partial charge in [-0.25, -0.2) is 4.98 Å². The van der Waals surface area contributed by atoms with Gasteiger partial charge in [0.1, 0.15) is 12.1 Å². The topological polar surface area (TPSA) is 46.4 Å². The largest absolute Gasteiger partial charge is 0.316 e. The lowest BCUT2D eigenvalue weighted by atomic mass is 9.96. The zero-order valence-electron chi connectivity index (χ0n) is 10.3. The number of hydrogen-bond acceptors (Lipinski definition) is 3. The first kappa shape index (κ1) is 11.4. The smallest absolute Gasteiger partial charge is 0.150 e. The fraction of sp³-hybridized carbons (Fsp3) is 0.429. The predicted molar refractivity (Wildman–Crippen MR) is 69.9 cm³/mol. The molecule has 1 unspecified atom stereocenters. The van der Waals surface area contributed by atoms with Crippen LogP contribution in [0.3, 0.4) is 0 Å². The zero-order chi connectivity index (χ0) is 12.4. The fourth-order valence-corrected chi connectivity index (χ4v) is 2.65. The Morgan fingerprint density at radius 3 is 3.28 bits per heavy atom. The molecule has 3 rings (SSSR count). The molecule has 0 radical (unpaired) electrons. The Kier molecular flexibility index (Phi) is 3.11. The van der Waals surface area contributed by atoms with Gasteiger partial charge in [-0.15, -0.1) is 0 Å². The summed E-state index contributed by atoms with van der Waals surface area (Å²) in [6.45, 7) is 2.23. The minimum Gasteiger partial charge on any atom is -0.316 e. The van der Waals surface area contributed by atoms with Crippen molar-refractivity contribution in [2.75, 3.05) is 13.1 Å². The molecule has 0 amide bonds. The van der Waals surface area contributed by atoms with Gasteiger partial charge in [0.2, 0.25) is 0 Å². The van der Waals surface area contributed by atoms with Gasteiger partial charge in [0.15, 0.2) is 0 Å². The number of rotatable bonds is 3. The number of piperidine rings is 1. The van der Waals surface area contributed by atoms with Crippen LogP contribution in [0.1, 0.15) is 29.0 Å². The van der Waals surface area contributed by atoms with Crippen molar-refractivity contribution in [1.29, 1.82) is 0 Å². The summed E-state index contributed by atoms with van der Waals surface area (Å²) < 4.78 is 2.08. The van der Waals surface area contributed by atoms with Gasteiger partial charge in [-0.1, -0.05) is 0 Å². The number of carbonyl (C=O) groups is 1. The normalized spacial score (nSPS) is 20.1. The first-order valence-electron chi connectivity index (χ1n) is 6.49. The SMILES string of the molecule is O=Cc1ccn2c(CC3CCCNC3)ncc2c1. The Morgan fingerprint density at radius 2 is 2.50 bits per heavy atom. The van der Waals surface area contributed by atoms with Gasteiger partial charge in [-0.3, -0.25) is 4.79 Å². The van der Waals surface area contributed by atoms with E-state index in [2.05, 4.69) is 14.7 Å². The summed E-state index contributed by atoms with van der Waals surface area (Å²) in [6, 6.07) is 3.72. The third-order valence-corrected chi connectivity index (χ3v) is 3.64. The van der Waals surface area contributed by atoms with E-state index in [1.165, 1.54) is 12.8 Å². The number of fused-ring (bicyclic) bond motifs is 1. The van der Waals surface area contributed by atoms with Crippen LogP contribution in [0.5, 0.6) is 0 Å². The van der Waals surface area contributed by atoms with Crippen LogP contribution < -0.4 is 5.32 Å². The molecule has 3 heterocycles. The molecule has 0 saturated carbocycles. The minimum atomic E-state index is 0.676. The van der Waals surface area contributed by atoms with Crippen molar-refractivity contribution in [2.24, 2.45) is 5.92 Å². The van der Waals surface area contributed by atoms with E-state index < -0.39 is 0 Å². The van der Waals surface area contributed by atoms with Crippen LogP contribution in [0, 0.1) is 5.92 Å². The van der Waals surface area contributed by atoms with Gasteiger partial charge < -0.3 is 9.72 Å². The summed E-state index contributed by atoms with van der Waals surface area (Å²) >= 11 is 0. The van der Waals surface area contributed by atoms with E-state index in [9.17, 15) is 4.79 Å². The standard InChI is InChI=1S/C14H17N3O/c18-10-12-3-5-17-13(6-12)9-16-14(17)7-11-2-1-4-15-8-11/h3,5-6,9-11,15H,1-2,4,7-8H2. The quantitative estimate of drug-likeness (QED) is 0.834. The lowest BCUT2D eigenvalue weighted by molar-refractivity contribution is 0.112. The second-order valence-electron chi connectivity index (χ2n) is 4.96. The van der Waals surface area contributed by atoms with Crippen LogP contribution in [0.15, 0.2) is 24.5 Å². The van der Waals surface area contributed by atoms with Gasteiger partial charge >= 0.3 is 0 Å². The number of aldehydes is 1. The molecule has 18 heavy (non-hydrogen) atoms. The summed E-state index contributed by atoms with van der Waals surface area (Å²) in [4.78, 5) is 15.2. The molecule has 0 spiro atoms. The van der Waals surface area contributed by atoms with Gasteiger partial charge in [0.05, 0.1) is 11.7 Å². The number of aromatic nitrogens is 2. The molecule has 4 nitrogen and oxygen atoms in total. The van der Waals surface area contributed by atoms with Crippen molar-refractivity contribution in [3.63, 3.8) is 0 Å². The monoisotopic (exact) mass is 243 g/mol. The molecule has 1 fully saturated rings. The first-order valence-corrected chi connectivity index (χ1v) is 6.49. The Balaban J connectivity index is 1.85. The number of nitrogens with one attached hydrogen (secondary N) is 1. The van der Waals surface area contributed by atoms with E-state index in [1.54, 1.807) is 0 Å². The molecule has 0 aromatic carbocycles. The van der Waals surface area contributed by atoms with Crippen LogP contribution in [0.25, 0.3) is 5.52 Å². The number of hydrogen-bond donors (Lipinski definition) is 1. The van der Waals surface area contributed by atoms with E-state index >= 15 is 0 Å². The number of carbonyl (C=O) groups excluding carboxylic acids is 1. The maximum Gasteiger partial charge on any atom is 0.150 e.